The Morgan fingerprint density at radius 2 is 1.93 bits per heavy atom. The Labute approximate surface area is 167 Å². The highest BCUT2D eigenvalue weighted by Gasteiger charge is 2.07. The lowest BCUT2D eigenvalue weighted by molar-refractivity contribution is 0.412. The van der Waals surface area contributed by atoms with Crippen LogP contribution in [0, 0.1) is 0 Å². The Balaban J connectivity index is 1.38. The van der Waals surface area contributed by atoms with Gasteiger partial charge in [-0.25, -0.2) is 4.98 Å². The topological polar surface area (TPSA) is 72.1 Å². The summed E-state index contributed by atoms with van der Waals surface area (Å²) in [5.41, 5.74) is 2.02. The standard InChI is InChI=1S/C21H19ClN4O2/c1-27-14-9-10-18(15(22)13-14)28-21-8-4-7-19(26-21)23-12-11-20-24-16-5-2-3-6-17(16)25-20/h2-10,13H,11-12H2,1H3,(H,23,26)(H,24,25). The third-order valence-corrected chi connectivity index (χ3v) is 4.48. The van der Waals surface area contributed by atoms with Gasteiger partial charge in [0.05, 0.1) is 23.2 Å². The number of benzene rings is 2. The number of pyridine rings is 1. The summed E-state index contributed by atoms with van der Waals surface area (Å²) >= 11 is 6.22. The first-order valence-corrected chi connectivity index (χ1v) is 9.25. The first-order chi connectivity index (χ1) is 13.7. The average Bonchev–Trinajstić information content (AvgIpc) is 3.12. The van der Waals surface area contributed by atoms with Gasteiger partial charge in [0.25, 0.3) is 0 Å². The van der Waals surface area contributed by atoms with Crippen molar-refractivity contribution in [2.24, 2.45) is 0 Å². The lowest BCUT2D eigenvalue weighted by Gasteiger charge is -2.10. The molecule has 2 N–H and O–H groups in total. The van der Waals surface area contributed by atoms with Gasteiger partial charge in [-0.1, -0.05) is 29.8 Å². The molecule has 6 nitrogen and oxygen atoms in total. The van der Waals surface area contributed by atoms with Gasteiger partial charge >= 0.3 is 0 Å². The third kappa shape index (κ3) is 4.18. The molecule has 0 fully saturated rings. The van der Waals surface area contributed by atoms with E-state index in [1.807, 2.05) is 36.4 Å². The molecule has 0 amide bonds. The molecule has 2 aromatic heterocycles. The number of nitrogens with zero attached hydrogens (tertiary/aromatic N) is 2. The molecule has 0 unspecified atom stereocenters. The predicted molar refractivity (Wildman–Crippen MR) is 111 cm³/mol. The van der Waals surface area contributed by atoms with E-state index in [0.717, 1.165) is 29.1 Å². The van der Waals surface area contributed by atoms with E-state index in [0.29, 0.717) is 28.9 Å². The number of halogens is 1. The fourth-order valence-corrected chi connectivity index (χ4v) is 3.02. The van der Waals surface area contributed by atoms with Crippen LogP contribution in [0.2, 0.25) is 5.02 Å². The molecule has 7 heteroatoms. The monoisotopic (exact) mass is 394 g/mol. The van der Waals surface area contributed by atoms with E-state index in [1.165, 1.54) is 0 Å². The van der Waals surface area contributed by atoms with Gasteiger partial charge in [0.15, 0.2) is 0 Å². The maximum atomic E-state index is 6.22. The van der Waals surface area contributed by atoms with E-state index in [4.69, 9.17) is 21.1 Å². The number of hydrogen-bond acceptors (Lipinski definition) is 5. The summed E-state index contributed by atoms with van der Waals surface area (Å²) < 4.78 is 10.9. The number of ether oxygens (including phenoxy) is 2. The van der Waals surface area contributed by atoms with Crippen LogP contribution in [-0.4, -0.2) is 28.6 Å². The maximum Gasteiger partial charge on any atom is 0.221 e. The van der Waals surface area contributed by atoms with Crippen molar-refractivity contribution in [2.75, 3.05) is 19.0 Å². The van der Waals surface area contributed by atoms with Crippen LogP contribution < -0.4 is 14.8 Å². The van der Waals surface area contributed by atoms with Crippen molar-refractivity contribution in [1.29, 1.82) is 0 Å². The summed E-state index contributed by atoms with van der Waals surface area (Å²) in [6, 6.07) is 18.8. The number of rotatable bonds is 7. The number of anilines is 1. The number of fused-ring (bicyclic) bond motifs is 1. The number of H-pyrrole nitrogens is 1. The van der Waals surface area contributed by atoms with Gasteiger partial charge in [-0.15, -0.1) is 0 Å². The minimum absolute atomic E-state index is 0.459. The first-order valence-electron chi connectivity index (χ1n) is 8.87. The van der Waals surface area contributed by atoms with Gasteiger partial charge in [0.1, 0.15) is 23.1 Å². The van der Waals surface area contributed by atoms with Crippen molar-refractivity contribution in [3.63, 3.8) is 0 Å². The quantitative estimate of drug-likeness (QED) is 0.458. The van der Waals surface area contributed by atoms with E-state index in [2.05, 4.69) is 20.3 Å². The molecule has 0 aliphatic heterocycles. The minimum atomic E-state index is 0.459. The van der Waals surface area contributed by atoms with Gasteiger partial charge in [0, 0.05) is 25.1 Å². The van der Waals surface area contributed by atoms with E-state index in [1.54, 1.807) is 31.4 Å². The number of para-hydroxylation sites is 2. The Morgan fingerprint density at radius 3 is 2.75 bits per heavy atom. The lowest BCUT2D eigenvalue weighted by atomic mass is 10.3. The SMILES string of the molecule is COc1ccc(Oc2cccc(NCCc3nc4ccccc4[nH]3)n2)c(Cl)c1. The van der Waals surface area contributed by atoms with Crippen molar-refractivity contribution in [2.45, 2.75) is 6.42 Å². The smallest absolute Gasteiger partial charge is 0.221 e. The van der Waals surface area contributed by atoms with Crippen LogP contribution in [0.5, 0.6) is 17.4 Å². The Hall–Kier alpha value is -3.25. The molecule has 2 heterocycles. The highest BCUT2D eigenvalue weighted by atomic mass is 35.5. The van der Waals surface area contributed by atoms with Crippen LogP contribution in [-0.2, 0) is 6.42 Å². The largest absolute Gasteiger partial charge is 0.497 e. The molecule has 28 heavy (non-hydrogen) atoms. The van der Waals surface area contributed by atoms with E-state index >= 15 is 0 Å². The summed E-state index contributed by atoms with van der Waals surface area (Å²) in [6.07, 6.45) is 0.756. The molecule has 4 rings (SSSR count). The van der Waals surface area contributed by atoms with Gasteiger partial charge < -0.3 is 19.8 Å². The van der Waals surface area contributed by atoms with Gasteiger partial charge in [-0.05, 0) is 30.3 Å². The third-order valence-electron chi connectivity index (χ3n) is 4.18. The molecule has 0 aliphatic carbocycles. The molecule has 0 saturated carbocycles. The average molecular weight is 395 g/mol. The molecule has 4 aromatic rings. The lowest BCUT2D eigenvalue weighted by Crippen LogP contribution is -2.07. The van der Waals surface area contributed by atoms with Crippen molar-refractivity contribution >= 4 is 28.5 Å². The van der Waals surface area contributed by atoms with Crippen molar-refractivity contribution in [3.05, 3.63) is 71.5 Å². The molecule has 142 valence electrons. The Morgan fingerprint density at radius 1 is 1.04 bits per heavy atom. The Kier molecular flexibility index (Phi) is 5.30. The van der Waals surface area contributed by atoms with Crippen LogP contribution >= 0.6 is 11.6 Å². The zero-order valence-corrected chi connectivity index (χ0v) is 16.0. The summed E-state index contributed by atoms with van der Waals surface area (Å²) in [4.78, 5) is 12.4. The van der Waals surface area contributed by atoms with E-state index in [9.17, 15) is 0 Å². The van der Waals surface area contributed by atoms with Crippen molar-refractivity contribution in [3.8, 4) is 17.4 Å². The molecular formula is C21H19ClN4O2. The number of aromatic nitrogens is 3. The summed E-state index contributed by atoms with van der Waals surface area (Å²) in [6.45, 7) is 0.694. The summed E-state index contributed by atoms with van der Waals surface area (Å²) in [5, 5.41) is 3.75. The zero-order chi connectivity index (χ0) is 19.3. The number of imidazole rings is 1. The molecule has 0 aliphatic rings. The molecule has 2 aromatic carbocycles. The number of nitrogens with one attached hydrogen (secondary N) is 2. The fraction of sp³-hybridized carbons (Fsp3) is 0.143. The number of methoxy groups -OCH3 is 1. The fourth-order valence-electron chi connectivity index (χ4n) is 2.81. The van der Waals surface area contributed by atoms with Crippen LogP contribution in [0.4, 0.5) is 5.82 Å². The number of aromatic amines is 1. The van der Waals surface area contributed by atoms with Gasteiger partial charge in [-0.2, -0.15) is 4.98 Å². The minimum Gasteiger partial charge on any atom is -0.497 e. The molecular weight excluding hydrogens is 376 g/mol. The molecule has 0 bridgehead atoms. The zero-order valence-electron chi connectivity index (χ0n) is 15.3. The van der Waals surface area contributed by atoms with Crippen LogP contribution in [0.1, 0.15) is 5.82 Å². The van der Waals surface area contributed by atoms with Crippen molar-refractivity contribution in [1.82, 2.24) is 15.0 Å². The summed E-state index contributed by atoms with van der Waals surface area (Å²) in [5.74, 6) is 3.31. The van der Waals surface area contributed by atoms with Crippen LogP contribution in [0.15, 0.2) is 60.7 Å². The molecule has 0 spiro atoms. The second-order valence-electron chi connectivity index (χ2n) is 6.14. The van der Waals surface area contributed by atoms with Gasteiger partial charge in [0.2, 0.25) is 5.88 Å². The molecule has 0 radical (unpaired) electrons. The van der Waals surface area contributed by atoms with E-state index < -0.39 is 0 Å². The van der Waals surface area contributed by atoms with Gasteiger partial charge in [-0.3, -0.25) is 0 Å². The maximum absolute atomic E-state index is 6.22. The van der Waals surface area contributed by atoms with Crippen molar-refractivity contribution < 1.29 is 9.47 Å². The Bertz CT molecular complexity index is 1060. The second-order valence-corrected chi connectivity index (χ2v) is 6.54. The molecule has 0 saturated heterocycles. The first kappa shape index (κ1) is 18.1. The van der Waals surface area contributed by atoms with E-state index in [-0.39, 0.29) is 0 Å². The highest BCUT2D eigenvalue weighted by molar-refractivity contribution is 6.32. The number of hydrogen-bond donors (Lipinski definition) is 2. The second kappa shape index (κ2) is 8.19. The van der Waals surface area contributed by atoms with Crippen LogP contribution in [0.25, 0.3) is 11.0 Å². The predicted octanol–water partition coefficient (Wildman–Crippen LogP) is 5.07. The molecule has 0 atom stereocenters. The summed E-state index contributed by atoms with van der Waals surface area (Å²) in [7, 11) is 1.59. The highest BCUT2D eigenvalue weighted by Crippen LogP contribution is 2.32. The normalized spacial score (nSPS) is 10.8. The van der Waals surface area contributed by atoms with Crippen LogP contribution in [0.3, 0.4) is 0 Å².